The summed E-state index contributed by atoms with van der Waals surface area (Å²) in [5.74, 6) is 1.97. The summed E-state index contributed by atoms with van der Waals surface area (Å²) >= 11 is 0. The van der Waals surface area contributed by atoms with Crippen LogP contribution in [0.15, 0.2) is 36.8 Å². The molecular weight excluding hydrogens is 468 g/mol. The molecular formula is C28H36N6O3. The fraction of sp³-hybridized carbons (Fsp3) is 0.500. The van der Waals surface area contributed by atoms with Crippen molar-refractivity contribution in [3.63, 3.8) is 0 Å². The Hall–Kier alpha value is -3.48. The van der Waals surface area contributed by atoms with Crippen LogP contribution in [0.5, 0.6) is 5.75 Å². The predicted octanol–water partition coefficient (Wildman–Crippen LogP) is 3.59. The van der Waals surface area contributed by atoms with Crippen molar-refractivity contribution >= 4 is 17.6 Å². The maximum absolute atomic E-state index is 10.0. The van der Waals surface area contributed by atoms with E-state index in [-0.39, 0.29) is 12.1 Å². The Labute approximate surface area is 218 Å². The van der Waals surface area contributed by atoms with Crippen LogP contribution in [-0.2, 0) is 4.79 Å². The van der Waals surface area contributed by atoms with E-state index in [4.69, 9.17) is 9.72 Å². The van der Waals surface area contributed by atoms with E-state index in [1.54, 1.807) is 30.8 Å². The molecule has 3 aromatic heterocycles. The van der Waals surface area contributed by atoms with Crippen LogP contribution in [0.3, 0.4) is 0 Å². The van der Waals surface area contributed by atoms with Crippen LogP contribution in [-0.4, -0.2) is 63.9 Å². The molecule has 1 saturated heterocycles. The average molecular weight is 505 g/mol. The first kappa shape index (κ1) is 26.6. The van der Waals surface area contributed by atoms with E-state index >= 15 is 0 Å². The first-order valence-corrected chi connectivity index (χ1v) is 12.8. The van der Waals surface area contributed by atoms with Crippen LogP contribution in [0.2, 0.25) is 0 Å². The molecule has 9 nitrogen and oxygen atoms in total. The Bertz CT molecular complexity index is 1260. The van der Waals surface area contributed by atoms with E-state index in [0.717, 1.165) is 62.0 Å². The minimum atomic E-state index is -0.960. The van der Waals surface area contributed by atoms with Crippen molar-refractivity contribution in [2.75, 3.05) is 31.6 Å². The highest BCUT2D eigenvalue weighted by molar-refractivity contribution is 5.85. The molecule has 0 aromatic carbocycles. The summed E-state index contributed by atoms with van der Waals surface area (Å²) in [5, 5.41) is 27.3. The van der Waals surface area contributed by atoms with Gasteiger partial charge in [0.05, 0.1) is 29.1 Å². The van der Waals surface area contributed by atoms with E-state index in [0.29, 0.717) is 22.7 Å². The fourth-order valence-electron chi connectivity index (χ4n) is 4.18. The number of hydrogen-bond donors (Lipinski definition) is 2. The lowest BCUT2D eigenvalue weighted by Crippen LogP contribution is -2.50. The summed E-state index contributed by atoms with van der Waals surface area (Å²) in [5.41, 5.74) is 2.11. The molecule has 2 fully saturated rings. The highest BCUT2D eigenvalue weighted by Gasteiger charge is 2.28. The minimum Gasteiger partial charge on any atom is -0.489 e. The predicted molar refractivity (Wildman–Crippen MR) is 143 cm³/mol. The highest BCUT2D eigenvalue weighted by atomic mass is 16.5. The van der Waals surface area contributed by atoms with Gasteiger partial charge in [0.2, 0.25) is 0 Å². The van der Waals surface area contributed by atoms with Gasteiger partial charge in [0.1, 0.15) is 30.5 Å². The van der Waals surface area contributed by atoms with Crippen LogP contribution in [0, 0.1) is 17.2 Å². The number of carbonyl (C=O) groups excluding carboxylic acids is 1. The van der Waals surface area contributed by atoms with Crippen molar-refractivity contribution in [1.82, 2.24) is 19.9 Å². The topological polar surface area (TPSA) is 116 Å². The molecule has 0 atom stereocenters. The van der Waals surface area contributed by atoms with Crippen molar-refractivity contribution in [2.24, 2.45) is 5.92 Å². The van der Waals surface area contributed by atoms with Gasteiger partial charge in [-0.15, -0.1) is 0 Å². The van der Waals surface area contributed by atoms with E-state index in [2.05, 4.69) is 28.3 Å². The van der Waals surface area contributed by atoms with Crippen LogP contribution in [0.25, 0.3) is 16.6 Å². The number of nitrogens with one attached hydrogen (secondary N) is 1. The van der Waals surface area contributed by atoms with Gasteiger partial charge in [-0.1, -0.05) is 0 Å². The number of rotatable bonds is 7. The number of carbonyl (C=O) groups is 1. The lowest BCUT2D eigenvalue weighted by molar-refractivity contribution is -0.108. The number of ether oxygens (including phenoxy) is 1. The summed E-state index contributed by atoms with van der Waals surface area (Å²) in [6, 6.07) is 8.14. The van der Waals surface area contributed by atoms with Gasteiger partial charge in [-0.05, 0) is 71.7 Å². The monoisotopic (exact) mass is 504 g/mol. The SMILES string of the molecule is CNC1(C)CCN(c2ccc(-c3cc(OCC(C)(C)O)cn4ncc(C#N)c34)cn2)CC1.O=CC1CC1. The van der Waals surface area contributed by atoms with Gasteiger partial charge in [-0.3, -0.25) is 0 Å². The zero-order valence-corrected chi connectivity index (χ0v) is 22.1. The zero-order chi connectivity index (χ0) is 26.6. The van der Waals surface area contributed by atoms with Crippen molar-refractivity contribution in [3.05, 3.63) is 42.4 Å². The van der Waals surface area contributed by atoms with Crippen molar-refractivity contribution < 1.29 is 14.6 Å². The standard InChI is InChI=1S/C24H30N6O2.C4H6O/c1-23(2,31)16-32-19-11-20(22-18(12-25)14-28-30(22)15-19)17-5-6-21(27-13-17)29-9-7-24(3,26-4)8-10-29;5-3-4-1-2-4/h5-6,11,13-15,26,31H,7-10,16H2,1-4H3;3-4H,1-2H2. The molecule has 1 aliphatic heterocycles. The summed E-state index contributed by atoms with van der Waals surface area (Å²) in [6.07, 6.45) is 10.6. The van der Waals surface area contributed by atoms with Crippen LogP contribution >= 0.6 is 0 Å². The Kier molecular flexibility index (Phi) is 7.81. The molecule has 3 aromatic rings. The number of nitrogens with zero attached hydrogens (tertiary/aromatic N) is 5. The van der Waals surface area contributed by atoms with Crippen molar-refractivity contribution in [1.29, 1.82) is 5.26 Å². The molecule has 2 aliphatic rings. The average Bonchev–Trinajstić information content (AvgIpc) is 3.66. The van der Waals surface area contributed by atoms with E-state index in [9.17, 15) is 15.2 Å². The molecule has 0 radical (unpaired) electrons. The summed E-state index contributed by atoms with van der Waals surface area (Å²) < 4.78 is 7.45. The second-order valence-electron chi connectivity index (χ2n) is 10.8. The molecule has 9 heteroatoms. The molecule has 37 heavy (non-hydrogen) atoms. The molecule has 5 rings (SSSR count). The number of aliphatic hydroxyl groups is 1. The molecule has 0 spiro atoms. The third-order valence-corrected chi connectivity index (χ3v) is 6.97. The first-order chi connectivity index (χ1) is 17.6. The van der Waals surface area contributed by atoms with Gasteiger partial charge in [0.25, 0.3) is 0 Å². The van der Waals surface area contributed by atoms with Gasteiger partial charge in [-0.2, -0.15) is 10.4 Å². The summed E-state index contributed by atoms with van der Waals surface area (Å²) in [4.78, 5) is 16.6. The largest absolute Gasteiger partial charge is 0.489 e. The van der Waals surface area contributed by atoms with Gasteiger partial charge < -0.3 is 24.9 Å². The lowest BCUT2D eigenvalue weighted by atomic mass is 9.90. The highest BCUT2D eigenvalue weighted by Crippen LogP contribution is 2.32. The van der Waals surface area contributed by atoms with E-state index in [1.165, 1.54) is 0 Å². The van der Waals surface area contributed by atoms with Gasteiger partial charge >= 0.3 is 0 Å². The number of anilines is 1. The normalized spacial score (nSPS) is 17.0. The third-order valence-electron chi connectivity index (χ3n) is 6.97. The summed E-state index contributed by atoms with van der Waals surface area (Å²) in [7, 11) is 2.02. The Balaban J connectivity index is 0.000000572. The number of aromatic nitrogens is 3. The van der Waals surface area contributed by atoms with Gasteiger partial charge in [0.15, 0.2) is 0 Å². The van der Waals surface area contributed by atoms with Crippen LogP contribution in [0.1, 0.15) is 52.0 Å². The quantitative estimate of drug-likeness (QED) is 0.469. The molecule has 4 heterocycles. The van der Waals surface area contributed by atoms with Crippen LogP contribution in [0.4, 0.5) is 5.82 Å². The second-order valence-corrected chi connectivity index (χ2v) is 10.8. The molecule has 1 aliphatic carbocycles. The molecule has 0 amide bonds. The Morgan fingerprint density at radius 3 is 2.54 bits per heavy atom. The molecule has 2 N–H and O–H groups in total. The molecule has 1 saturated carbocycles. The number of pyridine rings is 2. The first-order valence-electron chi connectivity index (χ1n) is 12.8. The third kappa shape index (κ3) is 6.64. The second kappa shape index (κ2) is 10.9. The number of nitriles is 1. The molecule has 0 bridgehead atoms. The lowest BCUT2D eigenvalue weighted by Gasteiger charge is -2.39. The van der Waals surface area contributed by atoms with E-state index in [1.807, 2.05) is 31.4 Å². The number of hydrogen-bond acceptors (Lipinski definition) is 8. The zero-order valence-electron chi connectivity index (χ0n) is 22.1. The smallest absolute Gasteiger partial charge is 0.138 e. The Morgan fingerprint density at radius 1 is 1.30 bits per heavy atom. The summed E-state index contributed by atoms with van der Waals surface area (Å²) in [6.45, 7) is 7.69. The minimum absolute atomic E-state index is 0.141. The maximum atomic E-state index is 10.0. The van der Waals surface area contributed by atoms with Gasteiger partial charge in [0, 0.05) is 41.9 Å². The fourth-order valence-corrected chi connectivity index (χ4v) is 4.18. The Morgan fingerprint density at radius 2 is 2.03 bits per heavy atom. The van der Waals surface area contributed by atoms with Crippen LogP contribution < -0.4 is 15.0 Å². The number of piperidine rings is 1. The molecule has 0 unspecified atom stereocenters. The van der Waals surface area contributed by atoms with Gasteiger partial charge in [-0.25, -0.2) is 9.50 Å². The van der Waals surface area contributed by atoms with Crippen molar-refractivity contribution in [3.8, 4) is 22.9 Å². The maximum Gasteiger partial charge on any atom is 0.138 e. The molecule has 196 valence electrons. The number of aldehydes is 1. The van der Waals surface area contributed by atoms with E-state index < -0.39 is 5.60 Å². The number of fused-ring (bicyclic) bond motifs is 1. The van der Waals surface area contributed by atoms with Crippen molar-refractivity contribution in [2.45, 2.75) is 57.6 Å².